The largest absolute Gasteiger partial charge is 0.387 e. The van der Waals surface area contributed by atoms with E-state index in [1.165, 1.54) is 19.1 Å². The van der Waals surface area contributed by atoms with Crippen LogP contribution in [0, 0.1) is 5.82 Å². The Morgan fingerprint density at radius 2 is 2.00 bits per heavy atom. The molecule has 0 aliphatic heterocycles. The van der Waals surface area contributed by atoms with E-state index in [0.29, 0.717) is 0 Å². The number of benzene rings is 1. The molecule has 1 rings (SSSR count). The topological polar surface area (TPSA) is 54.4 Å². The third-order valence-electron chi connectivity index (χ3n) is 2.42. The molecule has 6 heteroatoms. The smallest absolute Gasteiger partial charge is 0.152 e. The van der Waals surface area contributed by atoms with Gasteiger partial charge in [-0.2, -0.15) is 0 Å². The summed E-state index contributed by atoms with van der Waals surface area (Å²) in [7, 11) is -3.41. The summed E-state index contributed by atoms with van der Waals surface area (Å²) in [6.07, 6.45) is -0.357. The lowest BCUT2D eigenvalue weighted by molar-refractivity contribution is 0.171. The molecule has 0 aliphatic carbocycles. The van der Waals surface area contributed by atoms with E-state index in [4.69, 9.17) is 0 Å². The van der Waals surface area contributed by atoms with E-state index in [2.05, 4.69) is 15.9 Å². The summed E-state index contributed by atoms with van der Waals surface area (Å²) in [5.74, 6) is -0.634. The third-order valence-corrected chi connectivity index (χ3v) is 4.64. The minimum absolute atomic E-state index is 0.0210. The Morgan fingerprint density at radius 1 is 1.44 bits per heavy atom. The van der Waals surface area contributed by atoms with Crippen LogP contribution in [0.4, 0.5) is 4.39 Å². The SMILES string of the molecule is CC(C(O)c1cccc(Br)c1F)S(C)(=O)=O. The minimum atomic E-state index is -3.41. The number of hydrogen-bond acceptors (Lipinski definition) is 3. The second-order valence-corrected chi connectivity index (χ2v) is 6.88. The van der Waals surface area contributed by atoms with Gasteiger partial charge in [0.2, 0.25) is 0 Å². The molecule has 90 valence electrons. The van der Waals surface area contributed by atoms with Crippen LogP contribution in [0.5, 0.6) is 0 Å². The van der Waals surface area contributed by atoms with Crippen LogP contribution in [0.15, 0.2) is 22.7 Å². The van der Waals surface area contributed by atoms with Gasteiger partial charge in [0.05, 0.1) is 15.8 Å². The van der Waals surface area contributed by atoms with Gasteiger partial charge in [-0.15, -0.1) is 0 Å². The number of rotatable bonds is 3. The van der Waals surface area contributed by atoms with Crippen molar-refractivity contribution < 1.29 is 17.9 Å². The van der Waals surface area contributed by atoms with E-state index < -0.39 is 27.0 Å². The predicted octanol–water partition coefficient (Wildman–Crippen LogP) is 2.05. The Labute approximate surface area is 102 Å². The van der Waals surface area contributed by atoms with E-state index in [9.17, 15) is 17.9 Å². The zero-order valence-electron chi connectivity index (χ0n) is 8.81. The number of aliphatic hydroxyl groups is 1. The van der Waals surface area contributed by atoms with Crippen LogP contribution < -0.4 is 0 Å². The van der Waals surface area contributed by atoms with Gasteiger partial charge in [0, 0.05) is 11.8 Å². The molecule has 0 fully saturated rings. The van der Waals surface area contributed by atoms with Crippen LogP contribution in [0.25, 0.3) is 0 Å². The highest BCUT2D eigenvalue weighted by atomic mass is 79.9. The molecule has 0 saturated carbocycles. The maximum absolute atomic E-state index is 13.6. The Bertz CT molecular complexity index is 487. The molecule has 2 unspecified atom stereocenters. The Balaban J connectivity index is 3.15. The third kappa shape index (κ3) is 2.81. The lowest BCUT2D eigenvalue weighted by Crippen LogP contribution is -2.25. The van der Waals surface area contributed by atoms with E-state index >= 15 is 0 Å². The summed E-state index contributed by atoms with van der Waals surface area (Å²) >= 11 is 2.98. The van der Waals surface area contributed by atoms with Gasteiger partial charge in [0.15, 0.2) is 9.84 Å². The van der Waals surface area contributed by atoms with Crippen LogP contribution in [0.1, 0.15) is 18.6 Å². The summed E-state index contributed by atoms with van der Waals surface area (Å²) in [6.45, 7) is 1.35. The first-order valence-electron chi connectivity index (χ1n) is 4.56. The molecular weight excluding hydrogens is 299 g/mol. The van der Waals surface area contributed by atoms with Crippen molar-refractivity contribution in [2.75, 3.05) is 6.26 Å². The van der Waals surface area contributed by atoms with Gasteiger partial charge in [-0.3, -0.25) is 0 Å². The van der Waals surface area contributed by atoms with Gasteiger partial charge in [0.25, 0.3) is 0 Å². The zero-order chi connectivity index (χ0) is 12.5. The van der Waals surface area contributed by atoms with Crippen molar-refractivity contribution in [3.8, 4) is 0 Å². The first-order chi connectivity index (χ1) is 7.25. The average molecular weight is 311 g/mol. The van der Waals surface area contributed by atoms with E-state index in [1.807, 2.05) is 0 Å². The fourth-order valence-corrected chi connectivity index (χ4v) is 2.23. The molecule has 0 bridgehead atoms. The molecule has 2 atom stereocenters. The Hall–Kier alpha value is -0.460. The highest BCUT2D eigenvalue weighted by molar-refractivity contribution is 9.10. The Morgan fingerprint density at radius 3 is 2.50 bits per heavy atom. The van der Waals surface area contributed by atoms with Crippen molar-refractivity contribution in [2.24, 2.45) is 0 Å². The lowest BCUT2D eigenvalue weighted by atomic mass is 10.1. The van der Waals surface area contributed by atoms with Gasteiger partial charge < -0.3 is 5.11 Å². The van der Waals surface area contributed by atoms with Crippen molar-refractivity contribution in [3.63, 3.8) is 0 Å². The van der Waals surface area contributed by atoms with Crippen molar-refractivity contribution in [1.82, 2.24) is 0 Å². The van der Waals surface area contributed by atoms with Crippen LogP contribution in [0.3, 0.4) is 0 Å². The molecule has 0 amide bonds. The molecule has 1 N–H and O–H groups in total. The molecule has 1 aromatic carbocycles. The number of sulfone groups is 1. The number of hydrogen-bond donors (Lipinski definition) is 1. The second-order valence-electron chi connectivity index (χ2n) is 3.62. The molecule has 1 aromatic rings. The lowest BCUT2D eigenvalue weighted by Gasteiger charge is -2.18. The predicted molar refractivity (Wildman–Crippen MR) is 63.4 cm³/mol. The van der Waals surface area contributed by atoms with Crippen molar-refractivity contribution in [3.05, 3.63) is 34.1 Å². The monoisotopic (exact) mass is 310 g/mol. The summed E-state index contributed by atoms with van der Waals surface area (Å²) in [6, 6.07) is 4.39. The highest BCUT2D eigenvalue weighted by Crippen LogP contribution is 2.27. The highest BCUT2D eigenvalue weighted by Gasteiger charge is 2.27. The molecule has 0 spiro atoms. The standard InChI is InChI=1S/C10H12BrFO3S/c1-6(16(2,14)15)10(13)7-4-3-5-8(11)9(7)12/h3-6,10,13H,1-2H3. The average Bonchev–Trinajstić information content (AvgIpc) is 2.18. The molecule has 3 nitrogen and oxygen atoms in total. The number of aliphatic hydroxyl groups excluding tert-OH is 1. The van der Waals surface area contributed by atoms with Crippen LogP contribution in [-0.4, -0.2) is 25.0 Å². The van der Waals surface area contributed by atoms with Crippen LogP contribution in [-0.2, 0) is 9.84 Å². The van der Waals surface area contributed by atoms with Crippen molar-refractivity contribution in [1.29, 1.82) is 0 Å². The summed E-state index contributed by atoms with van der Waals surface area (Å²) < 4.78 is 36.3. The second kappa shape index (κ2) is 4.81. The fraction of sp³-hybridized carbons (Fsp3) is 0.400. The van der Waals surface area contributed by atoms with Crippen LogP contribution in [0.2, 0.25) is 0 Å². The molecule has 0 aliphatic rings. The minimum Gasteiger partial charge on any atom is -0.387 e. The van der Waals surface area contributed by atoms with E-state index in [0.717, 1.165) is 6.26 Å². The van der Waals surface area contributed by atoms with Gasteiger partial charge in [-0.1, -0.05) is 12.1 Å². The quantitative estimate of drug-likeness (QED) is 0.929. The zero-order valence-corrected chi connectivity index (χ0v) is 11.2. The van der Waals surface area contributed by atoms with Gasteiger partial charge in [0.1, 0.15) is 5.82 Å². The molecule has 0 aromatic heterocycles. The first kappa shape index (κ1) is 13.6. The molecule has 0 saturated heterocycles. The van der Waals surface area contributed by atoms with Gasteiger partial charge in [-0.25, -0.2) is 12.8 Å². The van der Waals surface area contributed by atoms with Gasteiger partial charge >= 0.3 is 0 Å². The van der Waals surface area contributed by atoms with E-state index in [1.54, 1.807) is 6.07 Å². The number of halogens is 2. The maximum Gasteiger partial charge on any atom is 0.152 e. The fourth-order valence-electron chi connectivity index (χ4n) is 1.24. The first-order valence-corrected chi connectivity index (χ1v) is 7.30. The maximum atomic E-state index is 13.6. The molecular formula is C10H12BrFO3S. The normalized spacial score (nSPS) is 15.8. The van der Waals surface area contributed by atoms with E-state index in [-0.39, 0.29) is 10.0 Å². The molecule has 0 heterocycles. The van der Waals surface area contributed by atoms with Crippen LogP contribution >= 0.6 is 15.9 Å². The summed E-state index contributed by atoms with van der Waals surface area (Å²) in [5.41, 5.74) is -0.0210. The van der Waals surface area contributed by atoms with Gasteiger partial charge in [-0.05, 0) is 28.9 Å². The van der Waals surface area contributed by atoms with Crippen molar-refractivity contribution >= 4 is 25.8 Å². The molecule has 16 heavy (non-hydrogen) atoms. The summed E-state index contributed by atoms with van der Waals surface area (Å²) in [5, 5.41) is 8.74. The Kier molecular flexibility index (Phi) is 4.09. The molecule has 0 radical (unpaired) electrons. The van der Waals surface area contributed by atoms with Crippen molar-refractivity contribution in [2.45, 2.75) is 18.3 Å². The summed E-state index contributed by atoms with van der Waals surface area (Å²) in [4.78, 5) is 0.